The van der Waals surface area contributed by atoms with Gasteiger partial charge in [0.25, 0.3) is 0 Å². The van der Waals surface area contributed by atoms with Crippen LogP contribution in [0.5, 0.6) is 11.5 Å². The number of esters is 1. The van der Waals surface area contributed by atoms with Crippen LogP contribution < -0.4 is 10.1 Å². The van der Waals surface area contributed by atoms with Gasteiger partial charge in [0.2, 0.25) is 0 Å². The summed E-state index contributed by atoms with van der Waals surface area (Å²) in [5.74, 6) is 0.946. The number of hydrogen-bond donors (Lipinski definition) is 2. The third kappa shape index (κ3) is 3.37. The second-order valence-electron chi connectivity index (χ2n) is 8.92. The number of aromatic hydroxyl groups is 1. The van der Waals surface area contributed by atoms with Gasteiger partial charge in [0.15, 0.2) is 11.5 Å². The van der Waals surface area contributed by atoms with E-state index in [4.69, 9.17) is 14.2 Å². The fourth-order valence-electron chi connectivity index (χ4n) is 6.31. The van der Waals surface area contributed by atoms with Crippen LogP contribution in [-0.2, 0) is 26.1 Å². The van der Waals surface area contributed by atoms with Crippen molar-refractivity contribution in [2.75, 3.05) is 41.0 Å². The summed E-state index contributed by atoms with van der Waals surface area (Å²) in [6, 6.07) is 4.42. The maximum atomic E-state index is 12.0. The summed E-state index contributed by atoms with van der Waals surface area (Å²) in [6.07, 6.45) is 3.61. The van der Waals surface area contributed by atoms with Gasteiger partial charge >= 0.3 is 5.97 Å². The lowest BCUT2D eigenvalue weighted by Crippen LogP contribution is -2.65. The molecule has 7 nitrogen and oxygen atoms in total. The molecule has 1 aromatic rings. The highest BCUT2D eigenvalue weighted by molar-refractivity contribution is 5.71. The van der Waals surface area contributed by atoms with E-state index in [-0.39, 0.29) is 35.8 Å². The molecule has 2 bridgehead atoms. The number of rotatable bonds is 6. The maximum Gasteiger partial charge on any atom is 0.319 e. The minimum absolute atomic E-state index is 0.0104. The van der Waals surface area contributed by atoms with Crippen LogP contribution in [0.1, 0.15) is 37.3 Å². The highest BCUT2D eigenvalue weighted by atomic mass is 16.5. The van der Waals surface area contributed by atoms with Crippen molar-refractivity contribution in [1.29, 1.82) is 0 Å². The van der Waals surface area contributed by atoms with Gasteiger partial charge in [0, 0.05) is 30.2 Å². The van der Waals surface area contributed by atoms with E-state index in [0.29, 0.717) is 24.3 Å². The van der Waals surface area contributed by atoms with E-state index in [1.807, 2.05) is 13.0 Å². The van der Waals surface area contributed by atoms with Crippen LogP contribution in [0.2, 0.25) is 0 Å². The highest BCUT2D eigenvalue weighted by Gasteiger charge is 2.58. The number of phenolic OH excluding ortho intramolecular Hbond substituents is 1. The van der Waals surface area contributed by atoms with Crippen molar-refractivity contribution < 1.29 is 24.1 Å². The largest absolute Gasteiger partial charge is 0.504 e. The normalized spacial score (nSPS) is 32.8. The van der Waals surface area contributed by atoms with Crippen molar-refractivity contribution in [2.45, 2.75) is 56.2 Å². The number of carbonyl (C=O) groups excluding carboxylic acids is 1. The van der Waals surface area contributed by atoms with Crippen molar-refractivity contribution in [3.8, 4) is 11.5 Å². The number of piperidine rings is 1. The molecular formula is C23H34N2O5. The van der Waals surface area contributed by atoms with Gasteiger partial charge in [-0.1, -0.05) is 6.07 Å². The predicted molar refractivity (Wildman–Crippen MR) is 113 cm³/mol. The molecular weight excluding hydrogens is 384 g/mol. The smallest absolute Gasteiger partial charge is 0.319 e. The van der Waals surface area contributed by atoms with E-state index in [9.17, 15) is 9.90 Å². The Morgan fingerprint density at radius 3 is 2.87 bits per heavy atom. The number of ether oxygens (including phenoxy) is 3. The molecule has 2 fully saturated rings. The summed E-state index contributed by atoms with van der Waals surface area (Å²) in [4.78, 5) is 14.4. The second kappa shape index (κ2) is 8.36. The molecule has 0 amide bonds. The Bertz CT molecular complexity index is 800. The van der Waals surface area contributed by atoms with Crippen LogP contribution in [0.15, 0.2) is 12.1 Å². The minimum atomic E-state index is -0.248. The van der Waals surface area contributed by atoms with Crippen LogP contribution in [0.25, 0.3) is 0 Å². The molecule has 5 atom stereocenters. The molecule has 0 spiro atoms. The van der Waals surface area contributed by atoms with Gasteiger partial charge in [-0.25, -0.2) is 0 Å². The number of likely N-dealkylation sites (N-methyl/N-ethyl adjacent to an activating group) is 1. The van der Waals surface area contributed by atoms with Gasteiger partial charge in [-0.15, -0.1) is 0 Å². The number of nitrogens with zero attached hydrogens (tertiary/aromatic N) is 1. The number of hydrogen-bond acceptors (Lipinski definition) is 7. The number of fused-ring (bicyclic) bond motifs is 1. The van der Waals surface area contributed by atoms with Crippen molar-refractivity contribution in [3.63, 3.8) is 0 Å². The molecule has 1 saturated carbocycles. The second-order valence-corrected chi connectivity index (χ2v) is 8.92. The van der Waals surface area contributed by atoms with Crippen LogP contribution in [-0.4, -0.2) is 75.1 Å². The molecule has 1 heterocycles. The zero-order chi connectivity index (χ0) is 21.5. The van der Waals surface area contributed by atoms with Crippen molar-refractivity contribution >= 4 is 5.97 Å². The molecule has 0 aromatic heterocycles. The lowest BCUT2D eigenvalue weighted by Gasteiger charge is -2.60. The lowest BCUT2D eigenvalue weighted by molar-refractivity contribution is -0.142. The molecule has 1 unspecified atom stereocenters. The van der Waals surface area contributed by atoms with Crippen LogP contribution in [0.3, 0.4) is 0 Å². The SMILES string of the molecule is CCOC(=O)CN[C@H]1C[C@@]23CCN(C)[C@@H](Cc4ccc(OC)c(O)c42)[C@H]3CC1OC. The van der Waals surface area contributed by atoms with E-state index >= 15 is 0 Å². The molecule has 30 heavy (non-hydrogen) atoms. The number of carbonyl (C=O) groups is 1. The van der Waals surface area contributed by atoms with Crippen molar-refractivity contribution in [1.82, 2.24) is 10.2 Å². The Morgan fingerprint density at radius 1 is 1.37 bits per heavy atom. The number of phenols is 1. The van der Waals surface area contributed by atoms with Crippen LogP contribution >= 0.6 is 0 Å². The first-order valence-corrected chi connectivity index (χ1v) is 11.0. The third-order valence-electron chi connectivity index (χ3n) is 7.66. The van der Waals surface area contributed by atoms with Gasteiger partial charge in [0.05, 0.1) is 26.4 Å². The molecule has 1 saturated heterocycles. The summed E-state index contributed by atoms with van der Waals surface area (Å²) in [7, 11) is 5.55. The van der Waals surface area contributed by atoms with E-state index in [1.165, 1.54) is 5.56 Å². The summed E-state index contributed by atoms with van der Waals surface area (Å²) < 4.78 is 16.4. The summed E-state index contributed by atoms with van der Waals surface area (Å²) in [5, 5.41) is 14.6. The predicted octanol–water partition coefficient (Wildman–Crippen LogP) is 1.85. The number of nitrogens with one attached hydrogen (secondary N) is 1. The highest BCUT2D eigenvalue weighted by Crippen LogP contribution is 2.59. The molecule has 3 aliphatic rings. The van der Waals surface area contributed by atoms with Gasteiger partial charge in [-0.2, -0.15) is 0 Å². The zero-order valence-corrected chi connectivity index (χ0v) is 18.4. The first-order chi connectivity index (χ1) is 14.4. The molecule has 1 aliphatic heterocycles. The first-order valence-electron chi connectivity index (χ1n) is 11.0. The quantitative estimate of drug-likeness (QED) is 0.683. The van der Waals surface area contributed by atoms with Gasteiger partial charge in [-0.05, 0) is 63.7 Å². The summed E-state index contributed by atoms with van der Waals surface area (Å²) >= 11 is 0. The van der Waals surface area contributed by atoms with E-state index in [0.717, 1.165) is 37.8 Å². The van der Waals surface area contributed by atoms with Gasteiger partial charge in [0.1, 0.15) is 0 Å². The van der Waals surface area contributed by atoms with Crippen molar-refractivity contribution in [2.24, 2.45) is 5.92 Å². The summed E-state index contributed by atoms with van der Waals surface area (Å²) in [5.41, 5.74) is 2.10. The Balaban J connectivity index is 1.73. The Kier molecular flexibility index (Phi) is 5.97. The monoisotopic (exact) mass is 418 g/mol. The topological polar surface area (TPSA) is 80.3 Å². The molecule has 166 valence electrons. The van der Waals surface area contributed by atoms with E-state index in [2.05, 4.69) is 23.3 Å². The molecule has 4 rings (SSSR count). The number of benzene rings is 1. The minimum Gasteiger partial charge on any atom is -0.504 e. The Labute approximate surface area is 178 Å². The molecule has 0 radical (unpaired) electrons. The number of likely N-dealkylation sites (tertiary alicyclic amines) is 1. The Hall–Kier alpha value is -1.83. The zero-order valence-electron chi connectivity index (χ0n) is 18.4. The molecule has 1 aromatic carbocycles. The third-order valence-corrected chi connectivity index (χ3v) is 7.66. The summed E-state index contributed by atoms with van der Waals surface area (Å²) in [6.45, 7) is 3.34. The average Bonchev–Trinajstić information content (AvgIpc) is 2.74. The fraction of sp³-hybridized carbons (Fsp3) is 0.696. The molecule has 2 aliphatic carbocycles. The average molecular weight is 419 g/mol. The number of methoxy groups -OCH3 is 2. The Morgan fingerprint density at radius 2 is 2.17 bits per heavy atom. The van der Waals surface area contributed by atoms with Crippen LogP contribution in [0.4, 0.5) is 0 Å². The lowest BCUT2D eigenvalue weighted by atomic mass is 9.51. The van der Waals surface area contributed by atoms with E-state index in [1.54, 1.807) is 14.2 Å². The van der Waals surface area contributed by atoms with Gasteiger partial charge in [-0.3, -0.25) is 4.79 Å². The molecule has 7 heteroatoms. The fourth-order valence-corrected chi connectivity index (χ4v) is 6.31. The molecule has 2 N–H and O–H groups in total. The first kappa shape index (κ1) is 21.4. The van der Waals surface area contributed by atoms with Crippen LogP contribution in [0, 0.1) is 5.92 Å². The van der Waals surface area contributed by atoms with E-state index < -0.39 is 0 Å². The maximum absolute atomic E-state index is 12.0. The van der Waals surface area contributed by atoms with Crippen molar-refractivity contribution in [3.05, 3.63) is 23.3 Å². The standard InChI is InChI=1S/C23H34N2O5/c1-5-30-20(26)13-24-16-12-23-8-9-25(2)17(15(23)11-19(16)29-4)10-14-6-7-18(28-3)22(27)21(14)23/h6-7,15-17,19,24,27H,5,8-13H2,1-4H3/t15-,16+,17+,19?,23-/m1/s1. The van der Waals surface area contributed by atoms with Gasteiger partial charge < -0.3 is 29.5 Å².